The van der Waals surface area contributed by atoms with E-state index < -0.39 is 0 Å². The van der Waals surface area contributed by atoms with E-state index in [1.54, 1.807) is 30.2 Å². The summed E-state index contributed by atoms with van der Waals surface area (Å²) in [7, 11) is 1.66. The van der Waals surface area contributed by atoms with Crippen molar-refractivity contribution in [3.63, 3.8) is 0 Å². The van der Waals surface area contributed by atoms with Crippen LogP contribution in [0.4, 0.5) is 5.13 Å². The monoisotopic (exact) mass is 493 g/mol. The van der Waals surface area contributed by atoms with Crippen LogP contribution in [-0.4, -0.2) is 54.8 Å². The molecule has 0 spiro atoms. The Morgan fingerprint density at radius 2 is 1.81 bits per heavy atom. The van der Waals surface area contributed by atoms with Crippen LogP contribution in [0.3, 0.4) is 0 Å². The Morgan fingerprint density at radius 3 is 2.47 bits per heavy atom. The van der Waals surface area contributed by atoms with Crippen LogP contribution in [0.2, 0.25) is 0 Å². The van der Waals surface area contributed by atoms with E-state index in [9.17, 15) is 4.79 Å². The van der Waals surface area contributed by atoms with E-state index in [0.717, 1.165) is 46.5 Å². The van der Waals surface area contributed by atoms with Crippen LogP contribution in [0.25, 0.3) is 10.2 Å². The standard InChI is InChI=1S/C24H31N3O2S2.ClH/c1-5-26(6-2)14-15-27(23(28)13-16-30-20-10-7-18(3)8-11-20)24-25-21-12-9-19(29-4)17-22(21)31-24;/h7-12,17H,5-6,13-16H2,1-4H3;1H. The van der Waals surface area contributed by atoms with Gasteiger partial charge in [-0.1, -0.05) is 42.9 Å². The molecule has 0 fully saturated rings. The van der Waals surface area contributed by atoms with Crippen molar-refractivity contribution in [3.05, 3.63) is 48.0 Å². The zero-order valence-electron chi connectivity index (χ0n) is 19.2. The molecule has 1 aromatic heterocycles. The van der Waals surface area contributed by atoms with Crippen LogP contribution in [0.15, 0.2) is 47.4 Å². The Bertz CT molecular complexity index is 991. The number of halogens is 1. The first-order valence-corrected chi connectivity index (χ1v) is 12.5. The number of carbonyl (C=O) groups excluding carboxylic acids is 1. The van der Waals surface area contributed by atoms with Gasteiger partial charge in [0.2, 0.25) is 5.91 Å². The Labute approximate surface area is 205 Å². The van der Waals surface area contributed by atoms with Crippen molar-refractivity contribution < 1.29 is 9.53 Å². The average Bonchev–Trinajstić information content (AvgIpc) is 3.20. The summed E-state index contributed by atoms with van der Waals surface area (Å²) in [5.74, 6) is 1.68. The molecule has 0 aliphatic rings. The summed E-state index contributed by atoms with van der Waals surface area (Å²) in [6.07, 6.45) is 0.482. The molecule has 0 saturated heterocycles. The van der Waals surface area contributed by atoms with Gasteiger partial charge in [-0.15, -0.1) is 24.2 Å². The number of carbonyl (C=O) groups is 1. The first-order valence-electron chi connectivity index (χ1n) is 10.7. The number of anilines is 1. The highest BCUT2D eigenvalue weighted by molar-refractivity contribution is 7.99. The lowest BCUT2D eigenvalue weighted by molar-refractivity contribution is -0.118. The summed E-state index contributed by atoms with van der Waals surface area (Å²) in [4.78, 5) is 23.4. The predicted octanol–water partition coefficient (Wildman–Crippen LogP) is 5.89. The first-order chi connectivity index (χ1) is 15.0. The number of thiazole rings is 1. The Hall–Kier alpha value is -1.80. The number of nitrogens with zero attached hydrogens (tertiary/aromatic N) is 3. The van der Waals surface area contributed by atoms with Gasteiger partial charge in [-0.3, -0.25) is 9.69 Å². The third-order valence-corrected chi connectivity index (χ3v) is 7.31. The summed E-state index contributed by atoms with van der Waals surface area (Å²) in [6.45, 7) is 9.81. The largest absolute Gasteiger partial charge is 0.497 e. The Kier molecular flexibility index (Phi) is 10.8. The van der Waals surface area contributed by atoms with E-state index in [1.165, 1.54) is 10.5 Å². The molecule has 0 saturated carbocycles. The van der Waals surface area contributed by atoms with E-state index in [0.29, 0.717) is 13.0 Å². The van der Waals surface area contributed by atoms with Gasteiger partial charge < -0.3 is 9.64 Å². The minimum absolute atomic E-state index is 0. The summed E-state index contributed by atoms with van der Waals surface area (Å²) in [6, 6.07) is 14.3. The molecule has 3 aromatic rings. The minimum atomic E-state index is 0. The normalized spacial score (nSPS) is 10.9. The minimum Gasteiger partial charge on any atom is -0.497 e. The number of aryl methyl sites for hydroxylation is 1. The van der Waals surface area contributed by atoms with Crippen LogP contribution >= 0.6 is 35.5 Å². The van der Waals surface area contributed by atoms with Gasteiger partial charge in [-0.05, 0) is 50.3 Å². The van der Waals surface area contributed by atoms with Gasteiger partial charge in [-0.2, -0.15) is 0 Å². The molecular weight excluding hydrogens is 462 g/mol. The van der Waals surface area contributed by atoms with Crippen LogP contribution in [0.5, 0.6) is 5.75 Å². The van der Waals surface area contributed by atoms with Gasteiger partial charge in [0.1, 0.15) is 5.75 Å². The van der Waals surface area contributed by atoms with Crippen LogP contribution in [0.1, 0.15) is 25.8 Å². The number of hydrogen-bond donors (Lipinski definition) is 0. The van der Waals surface area contributed by atoms with Gasteiger partial charge in [0.25, 0.3) is 0 Å². The zero-order chi connectivity index (χ0) is 22.2. The molecule has 0 unspecified atom stereocenters. The Morgan fingerprint density at radius 1 is 1.09 bits per heavy atom. The second kappa shape index (κ2) is 13.0. The van der Waals surface area contributed by atoms with Crippen molar-refractivity contribution in [1.29, 1.82) is 0 Å². The predicted molar refractivity (Wildman–Crippen MR) is 140 cm³/mol. The number of rotatable bonds is 11. The third kappa shape index (κ3) is 7.10. The summed E-state index contributed by atoms with van der Waals surface area (Å²) >= 11 is 3.27. The molecule has 2 aromatic carbocycles. The van der Waals surface area contributed by atoms with Crippen molar-refractivity contribution in [2.45, 2.75) is 32.1 Å². The molecule has 0 aliphatic heterocycles. The summed E-state index contributed by atoms with van der Waals surface area (Å²) < 4.78 is 6.37. The van der Waals surface area contributed by atoms with Crippen molar-refractivity contribution in [2.24, 2.45) is 0 Å². The lowest BCUT2D eigenvalue weighted by Gasteiger charge is -2.24. The summed E-state index contributed by atoms with van der Waals surface area (Å²) in [5.41, 5.74) is 2.14. The lowest BCUT2D eigenvalue weighted by Crippen LogP contribution is -2.39. The number of fused-ring (bicyclic) bond motifs is 1. The molecule has 5 nitrogen and oxygen atoms in total. The van der Waals surface area contributed by atoms with Gasteiger partial charge in [0.05, 0.1) is 17.3 Å². The molecule has 3 rings (SSSR count). The number of hydrogen-bond acceptors (Lipinski definition) is 6. The van der Waals surface area contributed by atoms with Crippen molar-refractivity contribution in [2.75, 3.05) is 43.9 Å². The number of ether oxygens (including phenoxy) is 1. The molecule has 8 heteroatoms. The topological polar surface area (TPSA) is 45.7 Å². The maximum Gasteiger partial charge on any atom is 0.229 e. The average molecular weight is 494 g/mol. The number of thioether (sulfide) groups is 1. The highest BCUT2D eigenvalue weighted by Gasteiger charge is 2.20. The molecule has 0 aliphatic carbocycles. The van der Waals surface area contributed by atoms with Crippen LogP contribution in [0, 0.1) is 6.92 Å². The number of likely N-dealkylation sites (N-methyl/N-ethyl adjacent to an activating group) is 1. The van der Waals surface area contributed by atoms with Crippen molar-refractivity contribution in [1.82, 2.24) is 9.88 Å². The first kappa shape index (κ1) is 26.5. The molecule has 0 radical (unpaired) electrons. The van der Waals surface area contributed by atoms with Crippen LogP contribution < -0.4 is 9.64 Å². The number of aromatic nitrogens is 1. The molecule has 1 heterocycles. The van der Waals surface area contributed by atoms with Gasteiger partial charge in [0.15, 0.2) is 5.13 Å². The number of methoxy groups -OCH3 is 1. The van der Waals surface area contributed by atoms with E-state index in [2.05, 4.69) is 49.9 Å². The van der Waals surface area contributed by atoms with E-state index in [4.69, 9.17) is 9.72 Å². The van der Waals surface area contributed by atoms with Gasteiger partial charge >= 0.3 is 0 Å². The van der Waals surface area contributed by atoms with Gasteiger partial charge in [-0.25, -0.2) is 4.98 Å². The van der Waals surface area contributed by atoms with Crippen LogP contribution in [-0.2, 0) is 4.79 Å². The quantitative estimate of drug-likeness (QED) is 0.311. The number of amides is 1. The van der Waals surface area contributed by atoms with Crippen molar-refractivity contribution in [3.8, 4) is 5.75 Å². The molecule has 32 heavy (non-hydrogen) atoms. The molecule has 1 amide bonds. The fourth-order valence-corrected chi connectivity index (χ4v) is 5.15. The Balaban J connectivity index is 0.00000363. The molecule has 174 valence electrons. The maximum atomic E-state index is 13.2. The van der Waals surface area contributed by atoms with Crippen molar-refractivity contribution >= 4 is 56.8 Å². The maximum absolute atomic E-state index is 13.2. The molecule has 0 atom stereocenters. The molecular formula is C24H32ClN3O2S2. The molecule has 0 N–H and O–H groups in total. The molecule has 0 bridgehead atoms. The fourth-order valence-electron chi connectivity index (χ4n) is 3.27. The second-order valence-corrected chi connectivity index (χ2v) is 9.49. The second-order valence-electron chi connectivity index (χ2n) is 7.31. The van der Waals surface area contributed by atoms with E-state index in [1.807, 2.05) is 23.1 Å². The van der Waals surface area contributed by atoms with E-state index >= 15 is 0 Å². The smallest absolute Gasteiger partial charge is 0.229 e. The summed E-state index contributed by atoms with van der Waals surface area (Å²) in [5, 5.41) is 0.765. The SMILES string of the molecule is CCN(CC)CCN(C(=O)CCSc1ccc(C)cc1)c1nc2ccc(OC)cc2s1.Cl. The zero-order valence-corrected chi connectivity index (χ0v) is 21.6. The highest BCUT2D eigenvalue weighted by atomic mass is 35.5. The van der Waals surface area contributed by atoms with Gasteiger partial charge in [0, 0.05) is 30.2 Å². The highest BCUT2D eigenvalue weighted by Crippen LogP contribution is 2.32. The number of benzene rings is 2. The lowest BCUT2D eigenvalue weighted by atomic mass is 10.2. The van der Waals surface area contributed by atoms with E-state index in [-0.39, 0.29) is 18.3 Å². The fraction of sp³-hybridized carbons (Fsp3) is 0.417. The third-order valence-electron chi connectivity index (χ3n) is 5.26.